The molecule has 0 radical (unpaired) electrons. The third kappa shape index (κ3) is 3.47. The van der Waals surface area contributed by atoms with Crippen LogP contribution in [0, 0.1) is 0 Å². The van der Waals surface area contributed by atoms with Gasteiger partial charge in [0.05, 0.1) is 7.11 Å². The number of benzene rings is 1. The molecule has 1 aromatic carbocycles. The molecule has 3 heteroatoms. The SMILES string of the molecule is COc1ccc(CCN2CCC[C@H]2CCO)cc1. The second-order valence-electron chi connectivity index (χ2n) is 4.94. The van der Waals surface area contributed by atoms with Crippen LogP contribution in [0.25, 0.3) is 0 Å². The number of aliphatic hydroxyl groups excluding tert-OH is 1. The molecule has 0 amide bonds. The molecule has 18 heavy (non-hydrogen) atoms. The zero-order valence-corrected chi connectivity index (χ0v) is 11.1. The van der Waals surface area contributed by atoms with E-state index < -0.39 is 0 Å². The predicted octanol–water partition coefficient (Wildman–Crippen LogP) is 2.08. The van der Waals surface area contributed by atoms with Gasteiger partial charge in [-0.15, -0.1) is 0 Å². The predicted molar refractivity (Wildman–Crippen MR) is 73.0 cm³/mol. The van der Waals surface area contributed by atoms with Gasteiger partial charge in [-0.2, -0.15) is 0 Å². The molecule has 1 aliphatic rings. The molecule has 3 nitrogen and oxygen atoms in total. The first kappa shape index (κ1) is 13.4. The van der Waals surface area contributed by atoms with Crippen molar-refractivity contribution in [2.24, 2.45) is 0 Å². The fourth-order valence-corrected chi connectivity index (χ4v) is 2.73. The van der Waals surface area contributed by atoms with E-state index in [1.165, 1.54) is 24.9 Å². The maximum Gasteiger partial charge on any atom is 0.118 e. The van der Waals surface area contributed by atoms with Gasteiger partial charge in [0.1, 0.15) is 5.75 Å². The number of methoxy groups -OCH3 is 1. The Morgan fingerprint density at radius 3 is 2.78 bits per heavy atom. The molecule has 0 saturated carbocycles. The van der Waals surface area contributed by atoms with Crippen LogP contribution in [0.3, 0.4) is 0 Å². The van der Waals surface area contributed by atoms with E-state index in [0.717, 1.165) is 25.1 Å². The van der Waals surface area contributed by atoms with E-state index in [1.54, 1.807) is 7.11 Å². The molecule has 1 aliphatic heterocycles. The summed E-state index contributed by atoms with van der Waals surface area (Å²) in [5.41, 5.74) is 1.35. The van der Waals surface area contributed by atoms with Crippen LogP contribution < -0.4 is 4.74 Å². The minimum atomic E-state index is 0.309. The number of ether oxygens (including phenoxy) is 1. The van der Waals surface area contributed by atoms with E-state index in [4.69, 9.17) is 9.84 Å². The maximum absolute atomic E-state index is 9.05. The topological polar surface area (TPSA) is 32.7 Å². The Bertz CT molecular complexity index is 350. The molecule has 1 N–H and O–H groups in total. The maximum atomic E-state index is 9.05. The van der Waals surface area contributed by atoms with E-state index in [-0.39, 0.29) is 0 Å². The summed E-state index contributed by atoms with van der Waals surface area (Å²) in [6.45, 7) is 2.58. The highest BCUT2D eigenvalue weighted by molar-refractivity contribution is 5.27. The molecule has 0 bridgehead atoms. The fraction of sp³-hybridized carbons (Fsp3) is 0.600. The van der Waals surface area contributed by atoms with E-state index in [1.807, 2.05) is 12.1 Å². The van der Waals surface area contributed by atoms with Crippen LogP contribution in [-0.4, -0.2) is 42.9 Å². The molecular formula is C15H23NO2. The Hall–Kier alpha value is -1.06. The summed E-state index contributed by atoms with van der Waals surface area (Å²) in [4.78, 5) is 2.51. The van der Waals surface area contributed by atoms with Crippen molar-refractivity contribution < 1.29 is 9.84 Å². The Balaban J connectivity index is 1.82. The summed E-state index contributed by atoms with van der Waals surface area (Å²) in [5, 5.41) is 9.05. The number of likely N-dealkylation sites (tertiary alicyclic amines) is 1. The standard InChI is InChI=1S/C15H23NO2/c1-18-15-6-4-13(5-7-15)8-11-16-10-2-3-14(16)9-12-17/h4-7,14,17H,2-3,8-12H2,1H3/t14-/m0/s1. The van der Waals surface area contributed by atoms with Crippen LogP contribution in [0.2, 0.25) is 0 Å². The quantitative estimate of drug-likeness (QED) is 0.838. The number of rotatable bonds is 6. The van der Waals surface area contributed by atoms with E-state index in [2.05, 4.69) is 17.0 Å². The smallest absolute Gasteiger partial charge is 0.118 e. The van der Waals surface area contributed by atoms with Crippen molar-refractivity contribution >= 4 is 0 Å². The van der Waals surface area contributed by atoms with Crippen molar-refractivity contribution in [1.82, 2.24) is 4.90 Å². The fourth-order valence-electron chi connectivity index (χ4n) is 2.73. The Morgan fingerprint density at radius 2 is 2.11 bits per heavy atom. The Labute approximate surface area is 109 Å². The number of hydrogen-bond acceptors (Lipinski definition) is 3. The van der Waals surface area contributed by atoms with E-state index in [0.29, 0.717) is 12.6 Å². The first-order valence-electron chi connectivity index (χ1n) is 6.81. The molecule has 0 spiro atoms. The zero-order valence-electron chi connectivity index (χ0n) is 11.1. The molecule has 0 aromatic heterocycles. The van der Waals surface area contributed by atoms with Gasteiger partial charge in [0, 0.05) is 19.2 Å². The second kappa shape index (κ2) is 6.76. The van der Waals surface area contributed by atoms with E-state index in [9.17, 15) is 0 Å². The van der Waals surface area contributed by atoms with Crippen molar-refractivity contribution in [3.8, 4) is 5.75 Å². The first-order valence-corrected chi connectivity index (χ1v) is 6.81. The molecule has 1 saturated heterocycles. The second-order valence-corrected chi connectivity index (χ2v) is 4.94. The average molecular weight is 249 g/mol. The van der Waals surface area contributed by atoms with Gasteiger partial charge in [-0.05, 0) is 49.9 Å². The monoisotopic (exact) mass is 249 g/mol. The summed E-state index contributed by atoms with van der Waals surface area (Å²) < 4.78 is 5.16. The lowest BCUT2D eigenvalue weighted by Crippen LogP contribution is -2.32. The minimum Gasteiger partial charge on any atom is -0.497 e. The first-order chi connectivity index (χ1) is 8.83. The third-order valence-corrected chi connectivity index (χ3v) is 3.81. The van der Waals surface area contributed by atoms with Crippen LogP contribution in [0.1, 0.15) is 24.8 Å². The van der Waals surface area contributed by atoms with Gasteiger partial charge < -0.3 is 9.84 Å². The summed E-state index contributed by atoms with van der Waals surface area (Å²) in [6, 6.07) is 8.90. The molecule has 1 fully saturated rings. The number of aliphatic hydroxyl groups is 1. The third-order valence-electron chi connectivity index (χ3n) is 3.81. The van der Waals surface area contributed by atoms with Crippen LogP contribution in [0.15, 0.2) is 24.3 Å². The lowest BCUT2D eigenvalue weighted by atomic mass is 10.1. The van der Waals surface area contributed by atoms with Crippen LogP contribution >= 0.6 is 0 Å². The van der Waals surface area contributed by atoms with E-state index >= 15 is 0 Å². The minimum absolute atomic E-state index is 0.309. The van der Waals surface area contributed by atoms with Gasteiger partial charge >= 0.3 is 0 Å². The molecule has 1 atom stereocenters. The summed E-state index contributed by atoms with van der Waals surface area (Å²) in [5.74, 6) is 0.915. The molecule has 100 valence electrons. The van der Waals surface area contributed by atoms with Crippen molar-refractivity contribution in [2.75, 3.05) is 26.8 Å². The normalized spacial score (nSPS) is 20.2. The van der Waals surface area contributed by atoms with Crippen molar-refractivity contribution in [3.63, 3.8) is 0 Å². The highest BCUT2D eigenvalue weighted by Crippen LogP contribution is 2.20. The number of hydrogen-bond donors (Lipinski definition) is 1. The van der Waals surface area contributed by atoms with Gasteiger partial charge in [-0.1, -0.05) is 12.1 Å². The molecule has 1 heterocycles. The molecular weight excluding hydrogens is 226 g/mol. The highest BCUT2D eigenvalue weighted by atomic mass is 16.5. The molecule has 1 aromatic rings. The van der Waals surface area contributed by atoms with Crippen molar-refractivity contribution in [3.05, 3.63) is 29.8 Å². The lowest BCUT2D eigenvalue weighted by Gasteiger charge is -2.23. The summed E-state index contributed by atoms with van der Waals surface area (Å²) >= 11 is 0. The Kier molecular flexibility index (Phi) is 5.02. The average Bonchev–Trinajstić information content (AvgIpc) is 2.85. The zero-order chi connectivity index (χ0) is 12.8. The largest absolute Gasteiger partial charge is 0.497 e. The molecule has 0 unspecified atom stereocenters. The van der Waals surface area contributed by atoms with Gasteiger partial charge in [0.15, 0.2) is 0 Å². The van der Waals surface area contributed by atoms with Gasteiger partial charge in [0.2, 0.25) is 0 Å². The van der Waals surface area contributed by atoms with Gasteiger partial charge in [-0.25, -0.2) is 0 Å². The highest BCUT2D eigenvalue weighted by Gasteiger charge is 2.23. The van der Waals surface area contributed by atoms with Crippen LogP contribution in [0.4, 0.5) is 0 Å². The van der Waals surface area contributed by atoms with Crippen LogP contribution in [0.5, 0.6) is 5.75 Å². The summed E-state index contributed by atoms with van der Waals surface area (Å²) in [6.07, 6.45) is 4.50. The van der Waals surface area contributed by atoms with Gasteiger partial charge in [0.25, 0.3) is 0 Å². The Morgan fingerprint density at radius 1 is 1.33 bits per heavy atom. The van der Waals surface area contributed by atoms with Gasteiger partial charge in [-0.3, -0.25) is 4.90 Å². The van der Waals surface area contributed by atoms with Crippen molar-refractivity contribution in [1.29, 1.82) is 0 Å². The lowest BCUT2D eigenvalue weighted by molar-refractivity contribution is 0.197. The van der Waals surface area contributed by atoms with Crippen LogP contribution in [-0.2, 0) is 6.42 Å². The number of nitrogens with zero attached hydrogens (tertiary/aromatic N) is 1. The molecule has 0 aliphatic carbocycles. The summed E-state index contributed by atoms with van der Waals surface area (Å²) in [7, 11) is 1.69. The van der Waals surface area contributed by atoms with Crippen molar-refractivity contribution in [2.45, 2.75) is 31.7 Å². The molecule has 2 rings (SSSR count).